The third-order valence-electron chi connectivity index (χ3n) is 3.51. The lowest BCUT2D eigenvalue weighted by Crippen LogP contribution is -1.84. The summed E-state index contributed by atoms with van der Waals surface area (Å²) in [7, 11) is 0. The molecule has 1 heterocycles. The lowest BCUT2D eigenvalue weighted by atomic mass is 9.98. The summed E-state index contributed by atoms with van der Waals surface area (Å²) in [5.74, 6) is 0.908. The second-order valence-corrected chi connectivity index (χ2v) is 4.86. The van der Waals surface area contributed by atoms with Crippen LogP contribution in [0, 0.1) is 13.8 Å². The van der Waals surface area contributed by atoms with E-state index in [1.165, 1.54) is 22.3 Å². The summed E-state index contributed by atoms with van der Waals surface area (Å²) in [6.45, 7) is 4.29. The monoisotopic (exact) mass is 248 g/mol. The van der Waals surface area contributed by atoms with Gasteiger partial charge in [-0.3, -0.25) is 0 Å². The minimum atomic E-state index is 0.908. The van der Waals surface area contributed by atoms with Crippen LogP contribution in [0.5, 0.6) is 0 Å². The van der Waals surface area contributed by atoms with Crippen LogP contribution in [-0.4, -0.2) is 0 Å². The number of rotatable bonds is 2. The van der Waals surface area contributed by atoms with E-state index in [0.29, 0.717) is 0 Å². The zero-order valence-electron chi connectivity index (χ0n) is 11.2. The van der Waals surface area contributed by atoms with Crippen molar-refractivity contribution in [3.8, 4) is 22.5 Å². The minimum Gasteiger partial charge on any atom is -0.464 e. The highest BCUT2D eigenvalue weighted by Crippen LogP contribution is 2.27. The Labute approximate surface area is 113 Å². The van der Waals surface area contributed by atoms with Gasteiger partial charge in [-0.1, -0.05) is 36.4 Å². The predicted octanol–water partition coefficient (Wildman–Crippen LogP) is 5.23. The normalized spacial score (nSPS) is 10.6. The van der Waals surface area contributed by atoms with E-state index >= 15 is 0 Å². The summed E-state index contributed by atoms with van der Waals surface area (Å²) >= 11 is 0. The first-order valence-electron chi connectivity index (χ1n) is 6.45. The predicted molar refractivity (Wildman–Crippen MR) is 79.1 cm³/mol. The number of furan rings is 1. The maximum absolute atomic E-state index is 5.45. The van der Waals surface area contributed by atoms with Crippen molar-refractivity contribution in [3.05, 3.63) is 72.0 Å². The van der Waals surface area contributed by atoms with Crippen LogP contribution in [-0.2, 0) is 0 Å². The molecule has 1 aromatic heterocycles. The van der Waals surface area contributed by atoms with Crippen molar-refractivity contribution < 1.29 is 4.42 Å². The van der Waals surface area contributed by atoms with E-state index in [0.717, 1.165) is 11.3 Å². The van der Waals surface area contributed by atoms with Crippen molar-refractivity contribution in [1.82, 2.24) is 0 Å². The highest BCUT2D eigenvalue weighted by molar-refractivity contribution is 5.71. The topological polar surface area (TPSA) is 13.1 Å². The van der Waals surface area contributed by atoms with Crippen LogP contribution in [0.15, 0.2) is 65.3 Å². The lowest BCUT2D eigenvalue weighted by Gasteiger charge is -2.07. The van der Waals surface area contributed by atoms with Crippen LogP contribution in [0.1, 0.15) is 11.1 Å². The van der Waals surface area contributed by atoms with Crippen LogP contribution < -0.4 is 0 Å². The van der Waals surface area contributed by atoms with Crippen LogP contribution >= 0.6 is 0 Å². The zero-order chi connectivity index (χ0) is 13.2. The fourth-order valence-corrected chi connectivity index (χ4v) is 2.22. The van der Waals surface area contributed by atoms with Crippen molar-refractivity contribution in [3.63, 3.8) is 0 Å². The van der Waals surface area contributed by atoms with Crippen LogP contribution in [0.4, 0.5) is 0 Å². The molecule has 0 bridgehead atoms. The van der Waals surface area contributed by atoms with Crippen molar-refractivity contribution >= 4 is 0 Å². The Kier molecular flexibility index (Phi) is 2.96. The molecular weight excluding hydrogens is 232 g/mol. The Hall–Kier alpha value is -2.28. The molecule has 0 saturated heterocycles. The second-order valence-electron chi connectivity index (χ2n) is 4.86. The van der Waals surface area contributed by atoms with Crippen molar-refractivity contribution in [2.75, 3.05) is 0 Å². The molecule has 0 amide bonds. The van der Waals surface area contributed by atoms with E-state index in [2.05, 4.69) is 56.3 Å². The maximum atomic E-state index is 5.45. The lowest BCUT2D eigenvalue weighted by molar-refractivity contribution is 0.582. The van der Waals surface area contributed by atoms with Gasteiger partial charge < -0.3 is 4.42 Å². The fourth-order valence-electron chi connectivity index (χ4n) is 2.22. The fraction of sp³-hybridized carbons (Fsp3) is 0.111. The SMILES string of the molecule is Cc1ccc(-c2cccc(-c3ccco3)c2)cc1C. The van der Waals surface area contributed by atoms with Gasteiger partial charge in [-0.2, -0.15) is 0 Å². The molecule has 0 atom stereocenters. The van der Waals surface area contributed by atoms with E-state index in [4.69, 9.17) is 4.42 Å². The molecule has 0 unspecified atom stereocenters. The molecular formula is C18H16O. The molecule has 0 N–H and O–H groups in total. The van der Waals surface area contributed by atoms with Gasteiger partial charge in [0, 0.05) is 5.56 Å². The summed E-state index contributed by atoms with van der Waals surface area (Å²) in [6.07, 6.45) is 1.71. The molecule has 0 fully saturated rings. The Morgan fingerprint density at radius 3 is 2.21 bits per heavy atom. The third-order valence-corrected chi connectivity index (χ3v) is 3.51. The van der Waals surface area contributed by atoms with Gasteiger partial charge in [0.25, 0.3) is 0 Å². The van der Waals surface area contributed by atoms with E-state index in [9.17, 15) is 0 Å². The zero-order valence-corrected chi connectivity index (χ0v) is 11.2. The summed E-state index contributed by atoms with van der Waals surface area (Å²) in [5.41, 5.74) is 6.22. The largest absolute Gasteiger partial charge is 0.464 e. The molecule has 0 radical (unpaired) electrons. The molecule has 94 valence electrons. The van der Waals surface area contributed by atoms with Crippen molar-refractivity contribution in [2.45, 2.75) is 13.8 Å². The molecule has 0 spiro atoms. The van der Waals surface area contributed by atoms with Crippen molar-refractivity contribution in [2.24, 2.45) is 0 Å². The minimum absolute atomic E-state index is 0.908. The van der Waals surface area contributed by atoms with Gasteiger partial charge in [0.2, 0.25) is 0 Å². The van der Waals surface area contributed by atoms with Gasteiger partial charge in [0.15, 0.2) is 0 Å². The Morgan fingerprint density at radius 1 is 0.684 bits per heavy atom. The molecule has 19 heavy (non-hydrogen) atoms. The second kappa shape index (κ2) is 4.77. The average Bonchev–Trinajstić information content (AvgIpc) is 2.96. The third kappa shape index (κ3) is 2.32. The molecule has 2 aromatic carbocycles. The summed E-state index contributed by atoms with van der Waals surface area (Å²) in [5, 5.41) is 0. The van der Waals surface area contributed by atoms with Crippen LogP contribution in [0.3, 0.4) is 0 Å². The van der Waals surface area contributed by atoms with Gasteiger partial charge in [-0.25, -0.2) is 0 Å². The van der Waals surface area contributed by atoms with Gasteiger partial charge in [0.1, 0.15) is 5.76 Å². The van der Waals surface area contributed by atoms with Gasteiger partial charge in [-0.15, -0.1) is 0 Å². The quantitative estimate of drug-likeness (QED) is 0.605. The van der Waals surface area contributed by atoms with Crippen LogP contribution in [0.2, 0.25) is 0 Å². The number of aryl methyl sites for hydroxylation is 2. The first-order valence-corrected chi connectivity index (χ1v) is 6.45. The number of benzene rings is 2. The van der Waals surface area contributed by atoms with E-state index in [1.54, 1.807) is 6.26 Å². The molecule has 3 aromatic rings. The number of hydrogen-bond acceptors (Lipinski definition) is 1. The molecule has 1 nitrogen and oxygen atoms in total. The Balaban J connectivity index is 2.06. The van der Waals surface area contributed by atoms with Gasteiger partial charge in [0.05, 0.1) is 6.26 Å². The molecule has 3 rings (SSSR count). The average molecular weight is 248 g/mol. The first kappa shape index (κ1) is 11.8. The van der Waals surface area contributed by atoms with E-state index < -0.39 is 0 Å². The van der Waals surface area contributed by atoms with Crippen molar-refractivity contribution in [1.29, 1.82) is 0 Å². The molecule has 0 aliphatic heterocycles. The summed E-state index contributed by atoms with van der Waals surface area (Å²) < 4.78 is 5.45. The molecule has 1 heteroatoms. The molecule has 0 aliphatic carbocycles. The smallest absolute Gasteiger partial charge is 0.133 e. The van der Waals surface area contributed by atoms with E-state index in [-0.39, 0.29) is 0 Å². The standard InChI is InChI=1S/C18H16O/c1-13-8-9-16(11-14(13)2)15-5-3-6-17(12-15)18-7-4-10-19-18/h3-12H,1-2H3. The van der Waals surface area contributed by atoms with Crippen LogP contribution in [0.25, 0.3) is 22.5 Å². The highest BCUT2D eigenvalue weighted by atomic mass is 16.3. The first-order chi connectivity index (χ1) is 9.24. The molecule has 0 aliphatic rings. The highest BCUT2D eigenvalue weighted by Gasteiger charge is 2.04. The molecule has 0 saturated carbocycles. The Bertz CT molecular complexity index is 693. The summed E-state index contributed by atoms with van der Waals surface area (Å²) in [4.78, 5) is 0. The van der Waals surface area contributed by atoms with Gasteiger partial charge in [-0.05, 0) is 54.3 Å². The maximum Gasteiger partial charge on any atom is 0.133 e. The van der Waals surface area contributed by atoms with Gasteiger partial charge >= 0.3 is 0 Å². The summed E-state index contributed by atoms with van der Waals surface area (Å²) in [6, 6.07) is 18.9. The number of hydrogen-bond donors (Lipinski definition) is 0. The van der Waals surface area contributed by atoms with E-state index in [1.807, 2.05) is 12.1 Å². The Morgan fingerprint density at radius 2 is 1.47 bits per heavy atom.